The molecule has 3 nitrogen and oxygen atoms in total. The minimum atomic E-state index is -0.571. The van der Waals surface area contributed by atoms with Gasteiger partial charge in [0.25, 0.3) is 0 Å². The molecule has 114 valence electrons. The Balaban J connectivity index is 1.86. The lowest BCUT2D eigenvalue weighted by atomic mass is 9.83. The van der Waals surface area contributed by atoms with Crippen LogP contribution < -0.4 is 10.6 Å². The average Bonchev–Trinajstić information content (AvgIpc) is 2.56. The molecule has 2 aromatic carbocycles. The molecule has 0 unspecified atom stereocenters. The molecular weight excluding hydrogens is 272 g/mol. The first-order chi connectivity index (χ1) is 10.6. The Morgan fingerprint density at radius 1 is 1.09 bits per heavy atom. The van der Waals surface area contributed by atoms with Crippen LogP contribution in [0.3, 0.4) is 0 Å². The van der Waals surface area contributed by atoms with E-state index in [0.29, 0.717) is 0 Å². The van der Waals surface area contributed by atoms with E-state index in [1.165, 1.54) is 5.56 Å². The van der Waals surface area contributed by atoms with Crippen molar-refractivity contribution >= 4 is 17.3 Å². The van der Waals surface area contributed by atoms with Gasteiger partial charge in [0.2, 0.25) is 5.91 Å². The molecule has 0 aromatic heterocycles. The fourth-order valence-electron chi connectivity index (χ4n) is 2.88. The Bertz CT molecular complexity index is 677. The van der Waals surface area contributed by atoms with Gasteiger partial charge in [-0.15, -0.1) is 0 Å². The maximum atomic E-state index is 12.8. The molecule has 1 heterocycles. The van der Waals surface area contributed by atoms with Gasteiger partial charge in [0.15, 0.2) is 0 Å². The van der Waals surface area contributed by atoms with Crippen molar-refractivity contribution < 1.29 is 4.79 Å². The van der Waals surface area contributed by atoms with Crippen LogP contribution >= 0.6 is 0 Å². The van der Waals surface area contributed by atoms with Crippen LogP contribution in [0.1, 0.15) is 31.4 Å². The predicted molar refractivity (Wildman–Crippen MR) is 91.4 cm³/mol. The van der Waals surface area contributed by atoms with Gasteiger partial charge in [-0.3, -0.25) is 4.79 Å². The Hall–Kier alpha value is -2.29. The maximum Gasteiger partial charge on any atom is 0.234 e. The largest absolute Gasteiger partial charge is 0.383 e. The summed E-state index contributed by atoms with van der Waals surface area (Å²) in [5.41, 5.74) is 3.68. The van der Waals surface area contributed by atoms with Crippen molar-refractivity contribution in [2.45, 2.75) is 32.1 Å². The monoisotopic (exact) mass is 294 g/mol. The molecule has 2 N–H and O–H groups in total. The highest BCUT2D eigenvalue weighted by Gasteiger charge is 2.30. The summed E-state index contributed by atoms with van der Waals surface area (Å²) in [7, 11) is 0. The van der Waals surface area contributed by atoms with E-state index in [-0.39, 0.29) is 5.91 Å². The lowest BCUT2D eigenvalue weighted by Gasteiger charge is -2.26. The second kappa shape index (κ2) is 5.84. The van der Waals surface area contributed by atoms with E-state index in [1.54, 1.807) is 0 Å². The van der Waals surface area contributed by atoms with Crippen LogP contribution in [0.15, 0.2) is 48.5 Å². The Labute approximate surface area is 131 Å². The molecular formula is C19H22N2O. The third kappa shape index (κ3) is 2.71. The van der Waals surface area contributed by atoms with Crippen molar-refractivity contribution in [1.82, 2.24) is 0 Å². The maximum absolute atomic E-state index is 12.8. The number of aryl methyl sites for hydroxylation is 1. The van der Waals surface area contributed by atoms with Crippen molar-refractivity contribution in [3.05, 3.63) is 59.7 Å². The summed E-state index contributed by atoms with van der Waals surface area (Å²) in [5, 5.41) is 6.52. The summed E-state index contributed by atoms with van der Waals surface area (Å²) in [4.78, 5) is 12.8. The molecule has 0 saturated carbocycles. The second-order valence-electron chi connectivity index (χ2n) is 6.32. The molecule has 0 fully saturated rings. The third-order valence-electron chi connectivity index (χ3n) is 4.39. The molecule has 1 aliphatic rings. The summed E-state index contributed by atoms with van der Waals surface area (Å²) in [5.74, 6) is 0.0134. The highest BCUT2D eigenvalue weighted by atomic mass is 16.2. The summed E-state index contributed by atoms with van der Waals surface area (Å²) in [6, 6.07) is 16.0. The Kier molecular flexibility index (Phi) is 3.88. The molecule has 1 aliphatic heterocycles. The van der Waals surface area contributed by atoms with Crippen LogP contribution in [0.4, 0.5) is 11.4 Å². The lowest BCUT2D eigenvalue weighted by Crippen LogP contribution is -2.35. The number of nitrogens with one attached hydrogen (secondary N) is 2. The van der Waals surface area contributed by atoms with Crippen molar-refractivity contribution in [1.29, 1.82) is 0 Å². The van der Waals surface area contributed by atoms with Crippen molar-refractivity contribution in [2.75, 3.05) is 17.2 Å². The standard InChI is InChI=1S/C19H22N2O/c1-19(2,15-10-4-3-5-11-15)18(22)21-16-12-6-8-14-9-7-13-20-17(14)16/h3-6,8,10-12,20H,7,9,13H2,1-2H3,(H,21,22). The zero-order valence-corrected chi connectivity index (χ0v) is 13.1. The lowest BCUT2D eigenvalue weighted by molar-refractivity contribution is -0.120. The topological polar surface area (TPSA) is 41.1 Å². The van der Waals surface area contributed by atoms with Gasteiger partial charge in [-0.2, -0.15) is 0 Å². The SMILES string of the molecule is CC(C)(C(=O)Nc1cccc2c1NCCC2)c1ccccc1. The van der Waals surface area contributed by atoms with Crippen molar-refractivity contribution in [3.63, 3.8) is 0 Å². The summed E-state index contributed by atoms with van der Waals surface area (Å²) >= 11 is 0. The van der Waals surface area contributed by atoms with E-state index < -0.39 is 5.41 Å². The van der Waals surface area contributed by atoms with Crippen molar-refractivity contribution in [3.8, 4) is 0 Å². The van der Waals surface area contributed by atoms with E-state index >= 15 is 0 Å². The number of fused-ring (bicyclic) bond motifs is 1. The molecule has 3 heteroatoms. The van der Waals surface area contributed by atoms with E-state index in [1.807, 2.05) is 56.3 Å². The number of rotatable bonds is 3. The van der Waals surface area contributed by atoms with Crippen LogP contribution in [0.5, 0.6) is 0 Å². The van der Waals surface area contributed by atoms with Gasteiger partial charge in [-0.25, -0.2) is 0 Å². The van der Waals surface area contributed by atoms with E-state index in [4.69, 9.17) is 0 Å². The van der Waals surface area contributed by atoms with Gasteiger partial charge in [0, 0.05) is 6.54 Å². The van der Waals surface area contributed by atoms with Gasteiger partial charge in [0.05, 0.1) is 16.8 Å². The van der Waals surface area contributed by atoms with Crippen LogP contribution in [-0.2, 0) is 16.6 Å². The summed E-state index contributed by atoms with van der Waals surface area (Å²) in [6.07, 6.45) is 2.20. The molecule has 2 aromatic rings. The minimum Gasteiger partial charge on any atom is -0.383 e. The molecule has 0 atom stereocenters. The number of carbonyl (C=O) groups is 1. The first-order valence-corrected chi connectivity index (χ1v) is 7.82. The fourth-order valence-corrected chi connectivity index (χ4v) is 2.88. The first-order valence-electron chi connectivity index (χ1n) is 7.82. The van der Waals surface area contributed by atoms with E-state index in [0.717, 1.165) is 36.3 Å². The molecule has 0 bridgehead atoms. The smallest absolute Gasteiger partial charge is 0.234 e. The average molecular weight is 294 g/mol. The minimum absolute atomic E-state index is 0.0134. The number of amides is 1. The van der Waals surface area contributed by atoms with Crippen LogP contribution in [-0.4, -0.2) is 12.5 Å². The quantitative estimate of drug-likeness (QED) is 0.899. The van der Waals surface area contributed by atoms with Gasteiger partial charge in [-0.05, 0) is 43.9 Å². The summed E-state index contributed by atoms with van der Waals surface area (Å²) in [6.45, 7) is 4.88. The highest BCUT2D eigenvalue weighted by Crippen LogP contribution is 2.32. The van der Waals surface area contributed by atoms with Crippen LogP contribution in [0.25, 0.3) is 0 Å². The number of benzene rings is 2. The zero-order valence-electron chi connectivity index (χ0n) is 13.1. The van der Waals surface area contributed by atoms with Gasteiger partial charge >= 0.3 is 0 Å². The number of carbonyl (C=O) groups excluding carboxylic acids is 1. The van der Waals surface area contributed by atoms with Crippen LogP contribution in [0, 0.1) is 0 Å². The fraction of sp³-hybridized carbons (Fsp3) is 0.316. The number of hydrogen-bond donors (Lipinski definition) is 2. The molecule has 0 spiro atoms. The molecule has 0 radical (unpaired) electrons. The zero-order chi connectivity index (χ0) is 15.6. The van der Waals surface area contributed by atoms with Gasteiger partial charge in [0.1, 0.15) is 0 Å². The van der Waals surface area contributed by atoms with Crippen LogP contribution in [0.2, 0.25) is 0 Å². The van der Waals surface area contributed by atoms with E-state index in [9.17, 15) is 4.79 Å². The predicted octanol–water partition coefficient (Wildman–Crippen LogP) is 3.96. The number of para-hydroxylation sites is 1. The van der Waals surface area contributed by atoms with Crippen molar-refractivity contribution in [2.24, 2.45) is 0 Å². The first kappa shape index (κ1) is 14.6. The molecule has 0 saturated heterocycles. The Morgan fingerprint density at radius 3 is 2.64 bits per heavy atom. The molecule has 3 rings (SSSR count). The van der Waals surface area contributed by atoms with E-state index in [2.05, 4.69) is 16.7 Å². The third-order valence-corrected chi connectivity index (χ3v) is 4.39. The summed E-state index contributed by atoms with van der Waals surface area (Å²) < 4.78 is 0. The normalized spacial score (nSPS) is 13.9. The van der Waals surface area contributed by atoms with Gasteiger partial charge < -0.3 is 10.6 Å². The Morgan fingerprint density at radius 2 is 1.86 bits per heavy atom. The second-order valence-corrected chi connectivity index (χ2v) is 6.32. The molecule has 0 aliphatic carbocycles. The number of anilines is 2. The highest BCUT2D eigenvalue weighted by molar-refractivity contribution is 6.01. The number of hydrogen-bond acceptors (Lipinski definition) is 2. The molecule has 1 amide bonds. The molecule has 22 heavy (non-hydrogen) atoms. The van der Waals surface area contributed by atoms with Gasteiger partial charge in [-0.1, -0.05) is 42.5 Å².